The van der Waals surface area contributed by atoms with Crippen LogP contribution < -0.4 is 11.2 Å². The minimum Gasteiger partial charge on any atom is -0.508 e. The van der Waals surface area contributed by atoms with Crippen LogP contribution in [0.25, 0.3) is 0 Å². The van der Waals surface area contributed by atoms with E-state index in [-0.39, 0.29) is 26.8 Å². The molecular weight excluding hydrogens is 418 g/mol. The third-order valence-electron chi connectivity index (χ3n) is 2.63. The summed E-state index contributed by atoms with van der Waals surface area (Å²) in [5.74, 6) is 0.166. The number of nitrogens with zero attached hydrogens (tertiary/aromatic N) is 1. The van der Waals surface area contributed by atoms with Crippen molar-refractivity contribution in [1.29, 1.82) is 0 Å². The second-order valence-corrected chi connectivity index (χ2v) is 4.12. The number of phenolic OH excluding ortho intramolecular Hbond substituents is 1. The van der Waals surface area contributed by atoms with E-state index in [4.69, 9.17) is 13.6 Å². The van der Waals surface area contributed by atoms with Crippen molar-refractivity contribution in [3.63, 3.8) is 0 Å². The molecule has 0 fully saturated rings. The van der Waals surface area contributed by atoms with E-state index in [0.29, 0.717) is 16.7 Å². The van der Waals surface area contributed by atoms with Crippen LogP contribution >= 0.6 is 0 Å². The van der Waals surface area contributed by atoms with Gasteiger partial charge in [0.05, 0.1) is 5.69 Å². The van der Waals surface area contributed by atoms with Crippen molar-refractivity contribution in [2.45, 2.75) is 6.92 Å². The topological polar surface area (TPSA) is 58.6 Å². The van der Waals surface area contributed by atoms with Gasteiger partial charge in [-0.25, -0.2) is 0 Å². The maximum Gasteiger partial charge on any atom is 0.116 e. The molecule has 0 amide bonds. The quantitative estimate of drug-likeness (QED) is 0.330. The summed E-state index contributed by atoms with van der Waals surface area (Å²) in [6.45, 7) is 1.94. The third-order valence-corrected chi connectivity index (χ3v) is 2.63. The van der Waals surface area contributed by atoms with Crippen LogP contribution in [0.2, 0.25) is 0 Å². The molecule has 19 heavy (non-hydrogen) atoms. The summed E-state index contributed by atoms with van der Waals surface area (Å²) in [5.41, 5.74) is 9.58. The molecule has 5 heteroatoms. The van der Waals surface area contributed by atoms with Gasteiger partial charge in [0.25, 0.3) is 0 Å². The molecular formula is C14H13BN2OPt. The Bertz CT molecular complexity index is 614. The van der Waals surface area contributed by atoms with Crippen LogP contribution in [0.15, 0.2) is 41.4 Å². The number of rotatable bonds is 2. The van der Waals surface area contributed by atoms with Crippen LogP contribution in [-0.2, 0) is 21.1 Å². The average molecular weight is 431 g/mol. The van der Waals surface area contributed by atoms with Crippen molar-refractivity contribution in [1.82, 2.24) is 0 Å². The van der Waals surface area contributed by atoms with Gasteiger partial charge in [-0.3, -0.25) is 4.99 Å². The van der Waals surface area contributed by atoms with Gasteiger partial charge in [-0.15, -0.1) is 0 Å². The number of aromatic hydroxyl groups is 1. The van der Waals surface area contributed by atoms with Gasteiger partial charge >= 0.3 is 0 Å². The molecule has 0 aromatic heterocycles. The molecule has 2 radical (unpaired) electrons. The van der Waals surface area contributed by atoms with Gasteiger partial charge in [0.15, 0.2) is 0 Å². The van der Waals surface area contributed by atoms with Gasteiger partial charge in [0.2, 0.25) is 0 Å². The van der Waals surface area contributed by atoms with E-state index in [0.717, 1.165) is 11.3 Å². The number of hydrogen-bond donors (Lipinski definition) is 2. The van der Waals surface area contributed by atoms with Crippen LogP contribution in [-0.4, -0.2) is 19.2 Å². The van der Waals surface area contributed by atoms with E-state index >= 15 is 0 Å². The first-order chi connectivity index (χ1) is 8.56. The predicted octanol–water partition coefficient (Wildman–Crippen LogP) is 1.82. The molecule has 0 bridgehead atoms. The Morgan fingerprint density at radius 2 is 1.95 bits per heavy atom. The van der Waals surface area contributed by atoms with E-state index in [2.05, 4.69) is 4.99 Å². The van der Waals surface area contributed by atoms with E-state index in [1.54, 1.807) is 30.5 Å². The summed E-state index contributed by atoms with van der Waals surface area (Å²) in [6, 6.07) is 10.3. The number of hydrogen-bond acceptors (Lipinski definition) is 3. The van der Waals surface area contributed by atoms with Crippen molar-refractivity contribution in [3.05, 3.63) is 47.5 Å². The third kappa shape index (κ3) is 3.97. The first kappa shape index (κ1) is 15.5. The van der Waals surface area contributed by atoms with E-state index < -0.39 is 0 Å². The first-order valence-corrected chi connectivity index (χ1v) is 5.55. The fourth-order valence-corrected chi connectivity index (χ4v) is 1.64. The molecule has 0 spiro atoms. The Hall–Kier alpha value is -1.54. The van der Waals surface area contributed by atoms with Gasteiger partial charge < -0.3 is 10.8 Å². The van der Waals surface area contributed by atoms with Gasteiger partial charge in [-0.1, -0.05) is 17.6 Å². The molecule has 0 aliphatic heterocycles. The van der Waals surface area contributed by atoms with E-state index in [1.165, 1.54) is 0 Å². The fourth-order valence-electron chi connectivity index (χ4n) is 1.64. The largest absolute Gasteiger partial charge is 0.508 e. The molecule has 0 saturated carbocycles. The summed E-state index contributed by atoms with van der Waals surface area (Å²) in [6.07, 6.45) is 1.63. The maximum absolute atomic E-state index is 9.39. The van der Waals surface area contributed by atoms with Crippen LogP contribution in [0.5, 0.6) is 5.75 Å². The van der Waals surface area contributed by atoms with Crippen molar-refractivity contribution in [2.24, 2.45) is 4.99 Å². The minimum absolute atomic E-state index is 0. The molecule has 3 nitrogen and oxygen atoms in total. The molecule has 3 N–H and O–H groups in total. The zero-order chi connectivity index (χ0) is 13.1. The Balaban J connectivity index is 0.00000180. The Morgan fingerprint density at radius 3 is 2.63 bits per heavy atom. The van der Waals surface area contributed by atoms with Crippen LogP contribution in [0, 0.1) is 6.92 Å². The van der Waals surface area contributed by atoms with Crippen LogP contribution in [0.4, 0.5) is 11.4 Å². The summed E-state index contributed by atoms with van der Waals surface area (Å²) >= 11 is 0. The monoisotopic (exact) mass is 431 g/mol. The smallest absolute Gasteiger partial charge is 0.116 e. The summed E-state index contributed by atoms with van der Waals surface area (Å²) in [5, 5.41) is 9.39. The van der Waals surface area contributed by atoms with Crippen LogP contribution in [0.3, 0.4) is 0 Å². The summed E-state index contributed by atoms with van der Waals surface area (Å²) in [4.78, 5) is 4.35. The number of benzene rings is 2. The first-order valence-electron chi connectivity index (χ1n) is 5.55. The maximum atomic E-state index is 9.39. The molecule has 2 rings (SSSR count). The number of phenols is 1. The number of aliphatic imine (C=N–C) groups is 1. The molecule has 0 aliphatic carbocycles. The van der Waals surface area contributed by atoms with Gasteiger partial charge in [-0.2, -0.15) is 0 Å². The molecule has 2 aromatic rings. The number of nitrogens with two attached hydrogens (primary N) is 1. The van der Waals surface area contributed by atoms with Gasteiger partial charge in [0, 0.05) is 38.5 Å². The number of aryl methyl sites for hydroxylation is 1. The summed E-state index contributed by atoms with van der Waals surface area (Å²) < 4.78 is 0. The SMILES string of the molecule is [B]c1ccc(N=Cc2cc(O)ccc2N)c(C)c1.[Pt]. The van der Waals surface area contributed by atoms with E-state index in [9.17, 15) is 5.11 Å². The second kappa shape index (κ2) is 6.58. The molecule has 0 unspecified atom stereocenters. The molecule has 2 aromatic carbocycles. The Labute approximate surface area is 128 Å². The normalized spacial score (nSPS) is 10.4. The van der Waals surface area contributed by atoms with Crippen molar-refractivity contribution in [3.8, 4) is 5.75 Å². The van der Waals surface area contributed by atoms with Gasteiger partial charge in [-0.05, 0) is 36.8 Å². The molecule has 98 valence electrons. The minimum atomic E-state index is 0. The zero-order valence-corrected chi connectivity index (χ0v) is 12.7. The average Bonchev–Trinajstić information content (AvgIpc) is 2.32. The molecule has 0 heterocycles. The summed E-state index contributed by atoms with van der Waals surface area (Å²) in [7, 11) is 5.67. The predicted molar refractivity (Wildman–Crippen MR) is 76.3 cm³/mol. The molecule has 0 aliphatic rings. The van der Waals surface area contributed by atoms with Crippen molar-refractivity contribution < 1.29 is 26.2 Å². The Kier molecular flexibility index (Phi) is 5.37. The fraction of sp³-hybridized carbons (Fsp3) is 0.0714. The van der Waals surface area contributed by atoms with Gasteiger partial charge in [0.1, 0.15) is 13.6 Å². The number of anilines is 1. The standard InChI is InChI=1S/C14H13BN2O.Pt/c1-9-6-11(15)2-5-14(9)17-8-10-7-12(18)3-4-13(10)16;/h2-8,18H,16H2,1H3;. The molecule has 0 atom stereocenters. The van der Waals surface area contributed by atoms with E-state index in [1.807, 2.05) is 19.1 Å². The number of nitrogen functional groups attached to an aromatic ring is 1. The van der Waals surface area contributed by atoms with Crippen molar-refractivity contribution in [2.75, 3.05) is 5.73 Å². The Morgan fingerprint density at radius 1 is 1.21 bits per heavy atom. The van der Waals surface area contributed by atoms with Crippen molar-refractivity contribution >= 4 is 30.9 Å². The molecule has 0 saturated heterocycles. The zero-order valence-electron chi connectivity index (χ0n) is 10.4. The second-order valence-electron chi connectivity index (χ2n) is 4.12. The van der Waals surface area contributed by atoms with Crippen LogP contribution in [0.1, 0.15) is 11.1 Å².